The minimum absolute atomic E-state index is 0.0850. The van der Waals surface area contributed by atoms with Gasteiger partial charge in [-0.25, -0.2) is 4.68 Å². The van der Waals surface area contributed by atoms with Gasteiger partial charge in [-0.2, -0.15) is 0 Å². The molecule has 2 aromatic rings. The van der Waals surface area contributed by atoms with E-state index in [0.29, 0.717) is 18.7 Å². The van der Waals surface area contributed by atoms with Crippen LogP contribution >= 0.6 is 0 Å². The van der Waals surface area contributed by atoms with Gasteiger partial charge in [-0.1, -0.05) is 30.3 Å². The summed E-state index contributed by atoms with van der Waals surface area (Å²) in [4.78, 5) is 12.4. The van der Waals surface area contributed by atoms with Crippen molar-refractivity contribution in [2.24, 2.45) is 0 Å². The summed E-state index contributed by atoms with van der Waals surface area (Å²) in [6.07, 6.45) is 1.68. The zero-order chi connectivity index (χ0) is 13.7. The lowest BCUT2D eigenvalue weighted by molar-refractivity contribution is 0.0436. The highest BCUT2D eigenvalue weighted by Crippen LogP contribution is 2.13. The number of ether oxygens (including phenoxy) is 1. The molecule has 0 saturated heterocycles. The van der Waals surface area contributed by atoms with Gasteiger partial charge in [-0.05, 0) is 25.5 Å². The molecule has 1 atom stereocenters. The largest absolute Gasteiger partial charge is 0.370 e. The number of nitrogens with zero attached hydrogens (tertiary/aromatic N) is 3. The summed E-state index contributed by atoms with van der Waals surface area (Å²) in [6, 6.07) is 9.47. The van der Waals surface area contributed by atoms with Crippen LogP contribution in [0.4, 0.5) is 0 Å². The van der Waals surface area contributed by atoms with Crippen LogP contribution in [-0.4, -0.2) is 33.5 Å². The lowest BCUT2D eigenvalue weighted by Gasteiger charge is -2.14. The van der Waals surface area contributed by atoms with E-state index in [1.807, 2.05) is 44.2 Å². The van der Waals surface area contributed by atoms with E-state index in [1.54, 1.807) is 4.68 Å². The number of hydrogen-bond donors (Lipinski definition) is 0. The van der Waals surface area contributed by atoms with Gasteiger partial charge in [0, 0.05) is 6.61 Å². The maximum Gasteiger partial charge on any atom is 0.211 e. The Morgan fingerprint density at radius 1 is 1.32 bits per heavy atom. The molecule has 0 aliphatic heterocycles. The van der Waals surface area contributed by atoms with Gasteiger partial charge >= 0.3 is 0 Å². The predicted molar refractivity (Wildman–Crippen MR) is 71.4 cm³/mol. The Kier molecular flexibility index (Phi) is 4.41. The van der Waals surface area contributed by atoms with Crippen molar-refractivity contribution in [3.05, 3.63) is 42.2 Å². The fourth-order valence-electron chi connectivity index (χ4n) is 1.91. The van der Waals surface area contributed by atoms with Crippen LogP contribution in [0.3, 0.4) is 0 Å². The average Bonchev–Trinajstić information content (AvgIpc) is 2.94. The lowest BCUT2D eigenvalue weighted by atomic mass is 10.1. The molecule has 0 fully saturated rings. The number of benzene rings is 1. The van der Waals surface area contributed by atoms with Gasteiger partial charge in [0.25, 0.3) is 0 Å². The smallest absolute Gasteiger partial charge is 0.211 e. The van der Waals surface area contributed by atoms with Crippen LogP contribution in [0.5, 0.6) is 0 Å². The molecular formula is C14H17N3O2. The van der Waals surface area contributed by atoms with E-state index in [9.17, 15) is 4.79 Å². The SMILES string of the molecule is CCOC(CC)C(=O)c1cnnn1-c1ccccc1. The minimum atomic E-state index is -0.439. The maximum atomic E-state index is 12.4. The quantitative estimate of drug-likeness (QED) is 0.747. The van der Waals surface area contributed by atoms with E-state index in [2.05, 4.69) is 10.3 Å². The molecule has 19 heavy (non-hydrogen) atoms. The van der Waals surface area contributed by atoms with Crippen molar-refractivity contribution in [2.75, 3.05) is 6.61 Å². The molecule has 2 rings (SSSR count). The molecule has 0 N–H and O–H groups in total. The summed E-state index contributed by atoms with van der Waals surface area (Å²) in [5, 5.41) is 7.81. The van der Waals surface area contributed by atoms with Gasteiger partial charge in [0.05, 0.1) is 11.9 Å². The Morgan fingerprint density at radius 2 is 2.05 bits per heavy atom. The Balaban J connectivity index is 2.32. The number of carbonyl (C=O) groups excluding carboxylic acids is 1. The van der Waals surface area contributed by atoms with Crippen LogP contribution in [0.25, 0.3) is 5.69 Å². The van der Waals surface area contributed by atoms with Crippen molar-refractivity contribution < 1.29 is 9.53 Å². The number of para-hydroxylation sites is 1. The summed E-state index contributed by atoms with van der Waals surface area (Å²) in [7, 11) is 0. The van der Waals surface area contributed by atoms with E-state index < -0.39 is 6.10 Å². The number of carbonyl (C=O) groups is 1. The molecule has 1 aromatic heterocycles. The molecule has 0 aliphatic rings. The summed E-state index contributed by atoms with van der Waals surface area (Å²) in [6.45, 7) is 4.31. The van der Waals surface area contributed by atoms with Gasteiger partial charge in [-0.3, -0.25) is 4.79 Å². The summed E-state index contributed by atoms with van der Waals surface area (Å²) >= 11 is 0. The molecule has 0 amide bonds. The molecule has 0 radical (unpaired) electrons. The third kappa shape index (κ3) is 2.88. The first-order valence-corrected chi connectivity index (χ1v) is 6.39. The Bertz CT molecular complexity index is 537. The van der Waals surface area contributed by atoms with Crippen LogP contribution in [0, 0.1) is 0 Å². The first-order valence-electron chi connectivity index (χ1n) is 6.39. The molecule has 5 nitrogen and oxygen atoms in total. The topological polar surface area (TPSA) is 57.0 Å². The Labute approximate surface area is 112 Å². The minimum Gasteiger partial charge on any atom is -0.370 e. The highest BCUT2D eigenvalue weighted by Gasteiger charge is 2.23. The molecule has 0 saturated carbocycles. The lowest BCUT2D eigenvalue weighted by Crippen LogP contribution is -2.26. The Morgan fingerprint density at radius 3 is 2.68 bits per heavy atom. The van der Waals surface area contributed by atoms with Gasteiger partial charge in [-0.15, -0.1) is 5.10 Å². The summed E-state index contributed by atoms with van der Waals surface area (Å²) in [5.74, 6) is -0.0850. The van der Waals surface area contributed by atoms with Crippen molar-refractivity contribution in [2.45, 2.75) is 26.4 Å². The Hall–Kier alpha value is -2.01. The molecule has 1 heterocycles. The normalized spacial score (nSPS) is 12.3. The number of rotatable bonds is 6. The zero-order valence-corrected chi connectivity index (χ0v) is 11.1. The molecular weight excluding hydrogens is 242 g/mol. The highest BCUT2D eigenvalue weighted by molar-refractivity contribution is 5.98. The second-order valence-corrected chi connectivity index (χ2v) is 4.08. The molecule has 5 heteroatoms. The standard InChI is InChI=1S/C14H17N3O2/c1-3-13(19-4-2)14(18)12-10-15-16-17(12)11-8-6-5-7-9-11/h5-10,13H,3-4H2,1-2H3. The third-order valence-corrected chi connectivity index (χ3v) is 2.83. The predicted octanol–water partition coefficient (Wildman–Crippen LogP) is 2.27. The number of Topliss-reactive ketones (excluding diaryl/α,β-unsaturated/α-hetero) is 1. The van der Waals surface area contributed by atoms with Crippen molar-refractivity contribution >= 4 is 5.78 Å². The van der Waals surface area contributed by atoms with Gasteiger partial charge in [0.15, 0.2) is 0 Å². The maximum absolute atomic E-state index is 12.4. The summed E-state index contributed by atoms with van der Waals surface area (Å²) in [5.41, 5.74) is 1.27. The molecule has 0 aliphatic carbocycles. The molecule has 0 bridgehead atoms. The number of hydrogen-bond acceptors (Lipinski definition) is 4. The highest BCUT2D eigenvalue weighted by atomic mass is 16.5. The fraction of sp³-hybridized carbons (Fsp3) is 0.357. The van der Waals surface area contributed by atoms with Crippen LogP contribution < -0.4 is 0 Å². The van der Waals surface area contributed by atoms with Gasteiger partial charge in [0.2, 0.25) is 5.78 Å². The van der Waals surface area contributed by atoms with E-state index in [-0.39, 0.29) is 5.78 Å². The summed E-state index contributed by atoms with van der Waals surface area (Å²) < 4.78 is 6.99. The second-order valence-electron chi connectivity index (χ2n) is 4.08. The van der Waals surface area contributed by atoms with Crippen LogP contribution in [0.15, 0.2) is 36.5 Å². The molecule has 1 unspecified atom stereocenters. The number of aromatic nitrogens is 3. The first kappa shape index (κ1) is 13.4. The van der Waals surface area contributed by atoms with E-state index >= 15 is 0 Å². The first-order chi connectivity index (χ1) is 9.27. The van der Waals surface area contributed by atoms with Crippen LogP contribution in [-0.2, 0) is 4.74 Å². The third-order valence-electron chi connectivity index (χ3n) is 2.83. The molecule has 100 valence electrons. The van der Waals surface area contributed by atoms with Crippen LogP contribution in [0.1, 0.15) is 30.8 Å². The van der Waals surface area contributed by atoms with Crippen LogP contribution in [0.2, 0.25) is 0 Å². The second kappa shape index (κ2) is 6.24. The zero-order valence-electron chi connectivity index (χ0n) is 11.1. The van der Waals surface area contributed by atoms with Crippen molar-refractivity contribution in [3.8, 4) is 5.69 Å². The molecule has 1 aromatic carbocycles. The van der Waals surface area contributed by atoms with E-state index in [1.165, 1.54) is 6.20 Å². The monoisotopic (exact) mass is 259 g/mol. The van der Waals surface area contributed by atoms with Crippen molar-refractivity contribution in [1.29, 1.82) is 0 Å². The van der Waals surface area contributed by atoms with E-state index in [0.717, 1.165) is 5.69 Å². The fourth-order valence-corrected chi connectivity index (χ4v) is 1.91. The molecule has 0 spiro atoms. The van der Waals surface area contributed by atoms with Crippen molar-refractivity contribution in [3.63, 3.8) is 0 Å². The average molecular weight is 259 g/mol. The van der Waals surface area contributed by atoms with Gasteiger partial charge < -0.3 is 4.74 Å². The number of ketones is 1. The van der Waals surface area contributed by atoms with Crippen molar-refractivity contribution in [1.82, 2.24) is 15.0 Å². The van der Waals surface area contributed by atoms with Gasteiger partial charge in [0.1, 0.15) is 11.8 Å². The van der Waals surface area contributed by atoms with E-state index in [4.69, 9.17) is 4.74 Å².